The summed E-state index contributed by atoms with van der Waals surface area (Å²) in [4.78, 5) is 27.0. The molecule has 1 aliphatic rings. The summed E-state index contributed by atoms with van der Waals surface area (Å²) >= 11 is 0. The van der Waals surface area contributed by atoms with Gasteiger partial charge in [-0.3, -0.25) is 18.9 Å². The van der Waals surface area contributed by atoms with Gasteiger partial charge in [0.2, 0.25) is 16.0 Å². The lowest BCUT2D eigenvalue weighted by atomic mass is 10.0. The van der Waals surface area contributed by atoms with Crippen molar-refractivity contribution in [2.24, 2.45) is 5.92 Å². The fraction of sp³-hybridized carbons (Fsp3) is 0.500. The standard InChI is InChI=1S/C24H35N8O9PS/c1-13-7-9-16(10-8-13)41-42(35,29-15(3)23(34)38-5)39-11-17-19(33)14(2)22(40-17)32-12-26-18-20(27-24(25)28-21(18)32)31(4)30-43(6,36)37/h7-10,12,14-15,17,19,22,30,33H,11H2,1-6H3,(H,29,35)(H2,25,27,28)/t14-,15?,17?,19-,22?,42?/m0/s1. The van der Waals surface area contributed by atoms with E-state index in [9.17, 15) is 22.9 Å². The van der Waals surface area contributed by atoms with Gasteiger partial charge >= 0.3 is 13.7 Å². The molecule has 1 saturated heterocycles. The first kappa shape index (κ1) is 32.5. The Morgan fingerprint density at radius 3 is 2.60 bits per heavy atom. The smallest absolute Gasteiger partial charge is 0.459 e. The molecule has 1 aromatic carbocycles. The number of nitrogens with one attached hydrogen (secondary N) is 2. The largest absolute Gasteiger partial charge is 0.468 e. The van der Waals surface area contributed by atoms with E-state index in [2.05, 4.69) is 24.9 Å². The third-order valence-corrected chi connectivity index (χ3v) is 8.81. The van der Waals surface area contributed by atoms with E-state index < -0.39 is 54.1 Å². The number of nitrogens with zero attached hydrogens (tertiary/aromatic N) is 5. The molecule has 1 aliphatic heterocycles. The van der Waals surface area contributed by atoms with Gasteiger partial charge in [0.1, 0.15) is 24.1 Å². The highest BCUT2D eigenvalue weighted by Crippen LogP contribution is 2.46. The van der Waals surface area contributed by atoms with E-state index in [-0.39, 0.29) is 35.3 Å². The van der Waals surface area contributed by atoms with Crippen molar-refractivity contribution in [1.29, 1.82) is 0 Å². The summed E-state index contributed by atoms with van der Waals surface area (Å²) < 4.78 is 61.0. The molecule has 1 fully saturated rings. The zero-order chi connectivity index (χ0) is 31.7. The molecule has 4 unspecified atom stereocenters. The molecule has 0 bridgehead atoms. The Kier molecular flexibility index (Phi) is 9.60. The third kappa shape index (κ3) is 7.59. The van der Waals surface area contributed by atoms with E-state index >= 15 is 0 Å². The third-order valence-electron chi connectivity index (χ3n) is 6.56. The number of ether oxygens (including phenoxy) is 2. The van der Waals surface area contributed by atoms with Crippen LogP contribution in [0.1, 0.15) is 25.6 Å². The van der Waals surface area contributed by atoms with Crippen LogP contribution in [0.25, 0.3) is 11.2 Å². The van der Waals surface area contributed by atoms with Crippen molar-refractivity contribution in [3.8, 4) is 5.75 Å². The maximum Gasteiger partial charge on any atom is 0.459 e. The Bertz CT molecular complexity index is 1620. The van der Waals surface area contributed by atoms with E-state index in [1.807, 2.05) is 6.92 Å². The average Bonchev–Trinajstić information content (AvgIpc) is 3.46. The first-order valence-electron chi connectivity index (χ1n) is 13.0. The number of methoxy groups -OCH3 is 1. The van der Waals surface area contributed by atoms with Crippen LogP contribution >= 0.6 is 7.75 Å². The van der Waals surface area contributed by atoms with Crippen LogP contribution < -0.4 is 25.2 Å². The maximum absolute atomic E-state index is 13.8. The van der Waals surface area contributed by atoms with Gasteiger partial charge in [-0.05, 0) is 26.0 Å². The number of hydrogen-bond acceptors (Lipinski definition) is 14. The Hall–Kier alpha value is -3.38. The number of imidazole rings is 1. The minimum Gasteiger partial charge on any atom is -0.468 e. The van der Waals surface area contributed by atoms with Gasteiger partial charge in [0.25, 0.3) is 0 Å². The summed E-state index contributed by atoms with van der Waals surface area (Å²) in [5.41, 5.74) is 7.31. The summed E-state index contributed by atoms with van der Waals surface area (Å²) in [6.07, 6.45) is -0.531. The summed E-state index contributed by atoms with van der Waals surface area (Å²) in [6.45, 7) is 4.66. The van der Waals surface area contributed by atoms with Gasteiger partial charge in [0, 0.05) is 13.0 Å². The molecule has 3 aromatic rings. The van der Waals surface area contributed by atoms with Gasteiger partial charge in [0.05, 0.1) is 32.4 Å². The van der Waals surface area contributed by atoms with Gasteiger partial charge in [-0.15, -0.1) is 4.83 Å². The summed E-state index contributed by atoms with van der Waals surface area (Å²) in [5.74, 6) is -1.06. The fourth-order valence-corrected chi connectivity index (χ4v) is 6.53. The molecule has 5 N–H and O–H groups in total. The maximum atomic E-state index is 13.8. The molecule has 4 rings (SSSR count). The van der Waals surface area contributed by atoms with E-state index in [0.717, 1.165) is 16.8 Å². The number of aliphatic hydroxyl groups excluding tert-OH is 1. The van der Waals surface area contributed by atoms with Gasteiger partial charge < -0.3 is 24.8 Å². The molecular formula is C24H35N8O9PS. The second-order valence-corrected chi connectivity index (χ2v) is 13.6. The second-order valence-electron chi connectivity index (χ2n) is 10.1. The molecule has 2 aromatic heterocycles. The van der Waals surface area contributed by atoms with Crippen LogP contribution in [0.5, 0.6) is 5.75 Å². The first-order chi connectivity index (χ1) is 20.1. The lowest BCUT2D eigenvalue weighted by Gasteiger charge is -2.24. The molecule has 0 saturated carbocycles. The second kappa shape index (κ2) is 12.7. The number of hydrogen-bond donors (Lipinski definition) is 4. The van der Waals surface area contributed by atoms with E-state index in [1.54, 1.807) is 31.2 Å². The van der Waals surface area contributed by atoms with Gasteiger partial charge in [-0.2, -0.15) is 15.1 Å². The molecule has 236 valence electrons. The highest BCUT2D eigenvalue weighted by atomic mass is 32.2. The highest BCUT2D eigenvalue weighted by Gasteiger charge is 2.44. The minimum absolute atomic E-state index is 0.0951. The lowest BCUT2D eigenvalue weighted by molar-refractivity contribution is -0.142. The van der Waals surface area contributed by atoms with E-state index in [4.69, 9.17) is 24.3 Å². The predicted octanol–water partition coefficient (Wildman–Crippen LogP) is 0.867. The van der Waals surface area contributed by atoms with Crippen molar-refractivity contribution in [2.45, 2.75) is 45.2 Å². The number of hydrazine groups is 1. The number of esters is 1. The molecule has 6 atom stereocenters. The zero-order valence-corrected chi connectivity index (χ0v) is 26.1. The molecule has 43 heavy (non-hydrogen) atoms. The monoisotopic (exact) mass is 642 g/mol. The van der Waals surface area contributed by atoms with Crippen molar-refractivity contribution in [3.63, 3.8) is 0 Å². The van der Waals surface area contributed by atoms with Crippen molar-refractivity contribution >= 4 is 46.7 Å². The summed E-state index contributed by atoms with van der Waals surface area (Å²) in [6, 6.07) is 5.67. The molecule has 0 spiro atoms. The average molecular weight is 643 g/mol. The van der Waals surface area contributed by atoms with Gasteiger partial charge in [-0.1, -0.05) is 24.6 Å². The Labute approximate surface area is 248 Å². The zero-order valence-electron chi connectivity index (χ0n) is 24.4. The Balaban J connectivity index is 1.56. The SMILES string of the molecule is COC(=O)C(C)NP(=O)(OCC1OC(n2cnc3c(N(C)NS(C)(=O)=O)nc(N)nc32)[C@@H](C)[C@@H]1O)Oc1ccc(C)cc1. The number of carbonyl (C=O) groups excluding carboxylic acids is 1. The van der Waals surface area contributed by atoms with E-state index in [1.165, 1.54) is 32.0 Å². The molecule has 3 heterocycles. The number of fused-ring (bicyclic) bond motifs is 1. The van der Waals surface area contributed by atoms with E-state index in [0.29, 0.717) is 0 Å². The molecule has 0 radical (unpaired) electrons. The van der Waals surface area contributed by atoms with Crippen LogP contribution in [0.15, 0.2) is 30.6 Å². The minimum atomic E-state index is -4.20. The van der Waals surface area contributed by atoms with Gasteiger partial charge in [-0.25, -0.2) is 18.0 Å². The number of nitrogen functional groups attached to an aromatic ring is 1. The number of aryl methyl sites for hydroxylation is 1. The van der Waals surface area contributed by atoms with Crippen LogP contribution in [0.4, 0.5) is 11.8 Å². The predicted molar refractivity (Wildman–Crippen MR) is 155 cm³/mol. The molecule has 17 nitrogen and oxygen atoms in total. The highest BCUT2D eigenvalue weighted by molar-refractivity contribution is 7.88. The van der Waals surface area contributed by atoms with Crippen molar-refractivity contribution in [3.05, 3.63) is 36.2 Å². The molecular weight excluding hydrogens is 607 g/mol. The van der Waals surface area contributed by atoms with Crippen molar-refractivity contribution in [1.82, 2.24) is 29.4 Å². The Morgan fingerprint density at radius 2 is 1.98 bits per heavy atom. The number of benzene rings is 1. The van der Waals surface area contributed by atoms with Crippen molar-refractivity contribution in [2.75, 3.05) is 37.8 Å². The van der Waals surface area contributed by atoms with Crippen molar-refractivity contribution < 1.29 is 41.4 Å². The molecule has 0 amide bonds. The lowest BCUT2D eigenvalue weighted by Crippen LogP contribution is -2.39. The van der Waals surface area contributed by atoms with Crippen LogP contribution in [0.2, 0.25) is 0 Å². The summed E-state index contributed by atoms with van der Waals surface area (Å²) in [5, 5.41) is 14.7. The quantitative estimate of drug-likeness (QED) is 0.122. The Morgan fingerprint density at radius 1 is 1.30 bits per heavy atom. The van der Waals surface area contributed by atoms with Crippen LogP contribution in [0, 0.1) is 12.8 Å². The fourth-order valence-electron chi connectivity index (χ4n) is 4.44. The number of aromatic nitrogens is 4. The number of anilines is 2. The topological polar surface area (TPSA) is 222 Å². The number of rotatable bonds is 12. The van der Waals surface area contributed by atoms with Gasteiger partial charge in [0.15, 0.2) is 17.0 Å². The first-order valence-corrected chi connectivity index (χ1v) is 16.5. The molecule has 0 aliphatic carbocycles. The van der Waals surface area contributed by atoms with Crippen LogP contribution in [-0.4, -0.2) is 84.3 Å². The van der Waals surface area contributed by atoms with Crippen LogP contribution in [0.3, 0.4) is 0 Å². The number of carbonyl (C=O) groups is 1. The number of nitrogens with two attached hydrogens (primary N) is 1. The number of aliphatic hydroxyl groups is 1. The normalized spacial score (nSPS) is 22.7. The molecule has 19 heteroatoms. The summed E-state index contributed by atoms with van der Waals surface area (Å²) in [7, 11) is -5.21. The van der Waals surface area contributed by atoms with Crippen LogP contribution in [-0.2, 0) is 33.4 Å². The number of sulfonamides is 1.